The van der Waals surface area contributed by atoms with Crippen molar-refractivity contribution in [1.29, 1.82) is 0 Å². The van der Waals surface area contributed by atoms with Crippen LogP contribution in [-0.2, 0) is 0 Å². The fourth-order valence-electron chi connectivity index (χ4n) is 3.94. The van der Waals surface area contributed by atoms with Crippen molar-refractivity contribution in [3.8, 4) is 11.4 Å². The molecule has 0 N–H and O–H groups in total. The van der Waals surface area contributed by atoms with Gasteiger partial charge in [0.15, 0.2) is 0 Å². The van der Waals surface area contributed by atoms with Crippen LogP contribution >= 0.6 is 0 Å². The maximum atomic E-state index is 13.0. The molecular weight excluding hydrogens is 402 g/mol. The Morgan fingerprint density at radius 3 is 2.44 bits per heavy atom. The number of fused-ring (bicyclic) bond motifs is 1. The second-order valence-corrected chi connectivity index (χ2v) is 8.36. The van der Waals surface area contributed by atoms with Crippen LogP contribution in [0.25, 0.3) is 22.2 Å². The molecule has 32 heavy (non-hydrogen) atoms. The molecule has 162 valence electrons. The van der Waals surface area contributed by atoms with E-state index in [4.69, 9.17) is 4.52 Å². The van der Waals surface area contributed by atoms with Crippen molar-refractivity contribution in [3.05, 3.63) is 72.2 Å². The zero-order chi connectivity index (χ0) is 22.1. The summed E-state index contributed by atoms with van der Waals surface area (Å²) < 4.78 is 5.28. The zero-order valence-corrected chi connectivity index (χ0v) is 18.2. The van der Waals surface area contributed by atoms with E-state index in [1.54, 1.807) is 6.20 Å². The Bertz CT molecular complexity index is 1240. The average molecular weight is 428 g/mol. The Labute approximate surface area is 186 Å². The number of nitrogens with zero attached hydrogens (tertiary/aromatic N) is 5. The van der Waals surface area contributed by atoms with E-state index in [-0.39, 0.29) is 11.8 Å². The van der Waals surface area contributed by atoms with Gasteiger partial charge < -0.3 is 14.3 Å². The van der Waals surface area contributed by atoms with Crippen LogP contribution in [0.5, 0.6) is 0 Å². The first-order valence-corrected chi connectivity index (χ1v) is 10.9. The SMILES string of the molecule is CC(C)c1nc(-c2ccc(N3CCN(C(=O)c4ccc5ccccc5c4)CC3)nc2)no1. The molecule has 5 rings (SSSR count). The Kier molecular flexibility index (Phi) is 5.31. The predicted molar refractivity (Wildman–Crippen MR) is 124 cm³/mol. The minimum atomic E-state index is 0.0803. The maximum absolute atomic E-state index is 13.0. The van der Waals surface area contributed by atoms with Crippen molar-refractivity contribution >= 4 is 22.5 Å². The lowest BCUT2D eigenvalue weighted by molar-refractivity contribution is 0.0746. The molecule has 2 aromatic carbocycles. The van der Waals surface area contributed by atoms with Gasteiger partial charge in [0, 0.05) is 49.4 Å². The highest BCUT2D eigenvalue weighted by Gasteiger charge is 2.23. The van der Waals surface area contributed by atoms with Crippen LogP contribution in [0.3, 0.4) is 0 Å². The number of pyridine rings is 1. The lowest BCUT2D eigenvalue weighted by atomic mass is 10.1. The van der Waals surface area contributed by atoms with Crippen molar-refractivity contribution in [3.63, 3.8) is 0 Å². The van der Waals surface area contributed by atoms with Crippen LogP contribution < -0.4 is 4.90 Å². The van der Waals surface area contributed by atoms with Gasteiger partial charge in [0.2, 0.25) is 11.7 Å². The summed E-state index contributed by atoms with van der Waals surface area (Å²) >= 11 is 0. The summed E-state index contributed by atoms with van der Waals surface area (Å²) in [6.07, 6.45) is 1.77. The van der Waals surface area contributed by atoms with Crippen LogP contribution in [0.1, 0.15) is 36.0 Å². The molecule has 4 aromatic rings. The number of anilines is 1. The largest absolute Gasteiger partial charge is 0.353 e. The summed E-state index contributed by atoms with van der Waals surface area (Å²) in [4.78, 5) is 26.1. The number of piperazine rings is 1. The molecule has 3 heterocycles. The summed E-state index contributed by atoms with van der Waals surface area (Å²) in [6.45, 7) is 6.85. The highest BCUT2D eigenvalue weighted by Crippen LogP contribution is 2.22. The fraction of sp³-hybridized carbons (Fsp3) is 0.280. The van der Waals surface area contributed by atoms with Gasteiger partial charge in [-0.25, -0.2) is 4.98 Å². The second-order valence-electron chi connectivity index (χ2n) is 8.36. The first kappa shape index (κ1) is 20.2. The van der Waals surface area contributed by atoms with E-state index in [0.29, 0.717) is 24.8 Å². The number of benzene rings is 2. The third kappa shape index (κ3) is 3.93. The third-order valence-corrected chi connectivity index (χ3v) is 5.83. The molecule has 0 radical (unpaired) electrons. The molecule has 1 amide bonds. The van der Waals surface area contributed by atoms with Gasteiger partial charge in [-0.2, -0.15) is 4.98 Å². The zero-order valence-electron chi connectivity index (χ0n) is 18.2. The Balaban J connectivity index is 1.23. The fourth-order valence-corrected chi connectivity index (χ4v) is 3.94. The summed E-state index contributed by atoms with van der Waals surface area (Å²) in [5.41, 5.74) is 1.56. The molecular formula is C25H25N5O2. The van der Waals surface area contributed by atoms with E-state index in [9.17, 15) is 4.79 Å². The highest BCUT2D eigenvalue weighted by molar-refractivity contribution is 5.98. The van der Waals surface area contributed by atoms with Crippen molar-refractivity contribution in [2.75, 3.05) is 31.1 Å². The lowest BCUT2D eigenvalue weighted by Gasteiger charge is -2.35. The molecule has 1 aliphatic rings. The van der Waals surface area contributed by atoms with Crippen LogP contribution in [0.4, 0.5) is 5.82 Å². The maximum Gasteiger partial charge on any atom is 0.253 e. The smallest absolute Gasteiger partial charge is 0.253 e. The van der Waals surface area contributed by atoms with E-state index >= 15 is 0 Å². The molecule has 1 saturated heterocycles. The number of hydrogen-bond acceptors (Lipinski definition) is 6. The predicted octanol–water partition coefficient (Wildman–Crippen LogP) is 4.37. The van der Waals surface area contributed by atoms with Gasteiger partial charge in [-0.3, -0.25) is 4.79 Å². The van der Waals surface area contributed by atoms with Gasteiger partial charge in [0.05, 0.1) is 0 Å². The number of amides is 1. The summed E-state index contributed by atoms with van der Waals surface area (Å²) in [7, 11) is 0. The first-order chi connectivity index (χ1) is 15.6. The van der Waals surface area contributed by atoms with Crippen LogP contribution in [0.15, 0.2) is 65.3 Å². The van der Waals surface area contributed by atoms with Gasteiger partial charge in [-0.15, -0.1) is 0 Å². The normalized spacial score (nSPS) is 14.3. The van der Waals surface area contributed by atoms with Crippen LogP contribution in [-0.4, -0.2) is 52.1 Å². The Morgan fingerprint density at radius 2 is 1.75 bits per heavy atom. The number of carbonyl (C=O) groups excluding carboxylic acids is 1. The number of hydrogen-bond donors (Lipinski definition) is 0. The van der Waals surface area contributed by atoms with Crippen molar-refractivity contribution in [1.82, 2.24) is 20.0 Å². The van der Waals surface area contributed by atoms with E-state index in [1.165, 1.54) is 0 Å². The van der Waals surface area contributed by atoms with Crippen LogP contribution in [0, 0.1) is 0 Å². The second kappa shape index (κ2) is 8.42. The number of rotatable bonds is 4. The van der Waals surface area contributed by atoms with Gasteiger partial charge in [0.25, 0.3) is 5.91 Å². The minimum absolute atomic E-state index is 0.0803. The quantitative estimate of drug-likeness (QED) is 0.481. The van der Waals surface area contributed by atoms with E-state index in [2.05, 4.69) is 26.1 Å². The number of aromatic nitrogens is 3. The molecule has 1 fully saturated rings. The third-order valence-electron chi connectivity index (χ3n) is 5.83. The molecule has 1 aliphatic heterocycles. The van der Waals surface area contributed by atoms with Gasteiger partial charge in [-0.1, -0.05) is 49.3 Å². The summed E-state index contributed by atoms with van der Waals surface area (Å²) in [6, 6.07) is 17.9. The van der Waals surface area contributed by atoms with Gasteiger partial charge in [0.1, 0.15) is 5.82 Å². The average Bonchev–Trinajstić information content (AvgIpc) is 3.34. The molecule has 0 aliphatic carbocycles. The molecule has 0 bridgehead atoms. The highest BCUT2D eigenvalue weighted by atomic mass is 16.5. The number of carbonyl (C=O) groups is 1. The topological polar surface area (TPSA) is 75.4 Å². The van der Waals surface area contributed by atoms with E-state index < -0.39 is 0 Å². The lowest BCUT2D eigenvalue weighted by Crippen LogP contribution is -2.49. The summed E-state index contributed by atoms with van der Waals surface area (Å²) in [5, 5.41) is 6.27. The van der Waals surface area contributed by atoms with Crippen molar-refractivity contribution < 1.29 is 9.32 Å². The molecule has 7 heteroatoms. The van der Waals surface area contributed by atoms with Crippen molar-refractivity contribution in [2.45, 2.75) is 19.8 Å². The van der Waals surface area contributed by atoms with E-state index in [0.717, 1.165) is 40.8 Å². The first-order valence-electron chi connectivity index (χ1n) is 10.9. The molecule has 0 unspecified atom stereocenters. The Morgan fingerprint density at radius 1 is 0.969 bits per heavy atom. The summed E-state index contributed by atoms with van der Waals surface area (Å²) in [5.74, 6) is 2.34. The monoisotopic (exact) mass is 427 g/mol. The van der Waals surface area contributed by atoms with Gasteiger partial charge >= 0.3 is 0 Å². The standard InChI is InChI=1S/C25H25N5O2/c1-17(2)24-27-23(28-32-24)21-9-10-22(26-16-21)29-11-13-30(14-12-29)25(31)20-8-7-18-5-3-4-6-19(18)15-20/h3-10,15-17H,11-14H2,1-2H3. The van der Waals surface area contributed by atoms with Gasteiger partial charge in [-0.05, 0) is 35.0 Å². The van der Waals surface area contributed by atoms with Crippen molar-refractivity contribution in [2.24, 2.45) is 0 Å². The Hall–Kier alpha value is -3.74. The molecule has 0 saturated carbocycles. The molecule has 7 nitrogen and oxygen atoms in total. The van der Waals surface area contributed by atoms with Crippen LogP contribution in [0.2, 0.25) is 0 Å². The minimum Gasteiger partial charge on any atom is -0.353 e. The molecule has 0 atom stereocenters. The van der Waals surface area contributed by atoms with E-state index in [1.807, 2.05) is 67.3 Å². The molecule has 2 aromatic heterocycles. The molecule has 0 spiro atoms.